The van der Waals surface area contributed by atoms with Gasteiger partial charge in [-0.05, 0) is 36.6 Å². The van der Waals surface area contributed by atoms with E-state index >= 15 is 0 Å². The van der Waals surface area contributed by atoms with Crippen LogP contribution >= 0.6 is 0 Å². The molecule has 5 heteroatoms. The zero-order chi connectivity index (χ0) is 16.9. The lowest BCUT2D eigenvalue weighted by Gasteiger charge is -2.29. The van der Waals surface area contributed by atoms with Crippen molar-refractivity contribution in [3.05, 3.63) is 54.1 Å². The second-order valence-corrected chi connectivity index (χ2v) is 5.73. The van der Waals surface area contributed by atoms with Crippen molar-refractivity contribution >= 4 is 23.2 Å². The van der Waals surface area contributed by atoms with E-state index in [0.29, 0.717) is 18.0 Å². The number of hydrogen-bond acceptors (Lipinski definition) is 3. The van der Waals surface area contributed by atoms with Crippen LogP contribution in [0.25, 0.3) is 0 Å². The van der Waals surface area contributed by atoms with Gasteiger partial charge in [0.15, 0.2) is 0 Å². The number of nitrogens with one attached hydrogen (secondary N) is 1. The first-order chi connectivity index (χ1) is 11.7. The lowest BCUT2D eigenvalue weighted by atomic mass is 10.0. The smallest absolute Gasteiger partial charge is 0.236 e. The number of ether oxygens (including phenoxy) is 1. The van der Waals surface area contributed by atoms with E-state index in [9.17, 15) is 9.59 Å². The van der Waals surface area contributed by atoms with E-state index < -0.39 is 0 Å². The highest BCUT2D eigenvalue weighted by molar-refractivity contribution is 6.09. The lowest BCUT2D eigenvalue weighted by molar-refractivity contribution is -0.125. The summed E-state index contributed by atoms with van der Waals surface area (Å²) in [6.45, 7) is 0.655. The number of amides is 2. The summed E-state index contributed by atoms with van der Waals surface area (Å²) >= 11 is 0. The quantitative estimate of drug-likeness (QED) is 0.880. The summed E-state index contributed by atoms with van der Waals surface area (Å²) in [6, 6.07) is 14.9. The maximum atomic E-state index is 12.5. The molecule has 1 aliphatic heterocycles. The molecule has 0 bridgehead atoms. The monoisotopic (exact) mass is 324 g/mol. The molecule has 124 valence electrons. The van der Waals surface area contributed by atoms with Crippen molar-refractivity contribution in [2.45, 2.75) is 19.3 Å². The standard InChI is InChI=1S/C19H20N2O3/c1-24-16-9-4-8-15(12-16)20-18(22)13-19(23)21-11-5-7-14-6-2-3-10-17(14)21/h2-4,6,8-10,12H,5,7,11,13H2,1H3,(H,20,22). The number of anilines is 2. The predicted molar refractivity (Wildman–Crippen MR) is 93.4 cm³/mol. The fourth-order valence-corrected chi connectivity index (χ4v) is 2.93. The van der Waals surface area contributed by atoms with Crippen LogP contribution in [0.5, 0.6) is 5.75 Å². The molecule has 1 heterocycles. The number of carbonyl (C=O) groups excluding carboxylic acids is 2. The zero-order valence-electron chi connectivity index (χ0n) is 13.6. The van der Waals surface area contributed by atoms with Gasteiger partial charge in [0.25, 0.3) is 0 Å². The third-order valence-electron chi connectivity index (χ3n) is 4.08. The van der Waals surface area contributed by atoms with Crippen LogP contribution in [-0.4, -0.2) is 25.5 Å². The number of nitrogens with zero attached hydrogens (tertiary/aromatic N) is 1. The van der Waals surface area contributed by atoms with Gasteiger partial charge in [-0.1, -0.05) is 24.3 Å². The molecule has 0 fully saturated rings. The Balaban J connectivity index is 1.66. The summed E-state index contributed by atoms with van der Waals surface area (Å²) < 4.78 is 5.13. The molecule has 2 amide bonds. The Labute approximate surface area is 141 Å². The fourth-order valence-electron chi connectivity index (χ4n) is 2.93. The molecule has 0 aliphatic carbocycles. The van der Waals surface area contributed by atoms with E-state index in [2.05, 4.69) is 5.32 Å². The van der Waals surface area contributed by atoms with Crippen LogP contribution in [-0.2, 0) is 16.0 Å². The van der Waals surface area contributed by atoms with Gasteiger partial charge in [0.1, 0.15) is 12.2 Å². The first-order valence-electron chi connectivity index (χ1n) is 7.99. The van der Waals surface area contributed by atoms with Crippen LogP contribution in [0.1, 0.15) is 18.4 Å². The van der Waals surface area contributed by atoms with E-state index in [1.807, 2.05) is 24.3 Å². The molecule has 0 saturated heterocycles. The second kappa shape index (κ2) is 7.17. The summed E-state index contributed by atoms with van der Waals surface area (Å²) in [5.74, 6) is 0.155. The predicted octanol–water partition coefficient (Wildman–Crippen LogP) is 3.00. The number of para-hydroxylation sites is 1. The second-order valence-electron chi connectivity index (χ2n) is 5.73. The fraction of sp³-hybridized carbons (Fsp3) is 0.263. The van der Waals surface area contributed by atoms with Crippen LogP contribution in [0.15, 0.2) is 48.5 Å². The van der Waals surface area contributed by atoms with Crippen molar-refractivity contribution in [2.75, 3.05) is 23.9 Å². The van der Waals surface area contributed by atoms with Crippen LogP contribution in [0.4, 0.5) is 11.4 Å². The SMILES string of the molecule is COc1cccc(NC(=O)CC(=O)N2CCCc3ccccc32)c1. The molecule has 0 aromatic heterocycles. The number of benzene rings is 2. The van der Waals surface area contributed by atoms with Crippen molar-refractivity contribution in [3.8, 4) is 5.75 Å². The first kappa shape index (κ1) is 16.1. The van der Waals surface area contributed by atoms with Crippen molar-refractivity contribution < 1.29 is 14.3 Å². The zero-order valence-corrected chi connectivity index (χ0v) is 13.6. The highest BCUT2D eigenvalue weighted by Gasteiger charge is 2.23. The van der Waals surface area contributed by atoms with E-state index in [4.69, 9.17) is 4.74 Å². The Morgan fingerprint density at radius 2 is 2.00 bits per heavy atom. The molecule has 3 rings (SSSR count). The van der Waals surface area contributed by atoms with Crippen molar-refractivity contribution in [1.29, 1.82) is 0 Å². The number of aryl methyl sites for hydroxylation is 1. The number of hydrogen-bond donors (Lipinski definition) is 1. The lowest BCUT2D eigenvalue weighted by Crippen LogP contribution is -2.37. The number of rotatable bonds is 4. The molecule has 1 aliphatic rings. The molecule has 0 radical (unpaired) electrons. The molecular formula is C19H20N2O3. The molecule has 5 nitrogen and oxygen atoms in total. The molecule has 2 aromatic carbocycles. The Bertz CT molecular complexity index is 758. The molecule has 24 heavy (non-hydrogen) atoms. The Morgan fingerprint density at radius 1 is 1.17 bits per heavy atom. The normalized spacial score (nSPS) is 13.1. The molecule has 0 unspecified atom stereocenters. The Hall–Kier alpha value is -2.82. The Morgan fingerprint density at radius 3 is 2.83 bits per heavy atom. The van der Waals surface area contributed by atoms with Gasteiger partial charge < -0.3 is 15.0 Å². The highest BCUT2D eigenvalue weighted by Crippen LogP contribution is 2.27. The minimum atomic E-state index is -0.323. The Kier molecular flexibility index (Phi) is 4.79. The van der Waals surface area contributed by atoms with E-state index in [1.54, 1.807) is 36.3 Å². The van der Waals surface area contributed by atoms with Crippen LogP contribution in [0, 0.1) is 0 Å². The van der Waals surface area contributed by atoms with Gasteiger partial charge in [-0.15, -0.1) is 0 Å². The van der Waals surface area contributed by atoms with E-state index in [-0.39, 0.29) is 18.2 Å². The minimum Gasteiger partial charge on any atom is -0.497 e. The van der Waals surface area contributed by atoms with Gasteiger partial charge in [0, 0.05) is 24.0 Å². The van der Waals surface area contributed by atoms with E-state index in [0.717, 1.165) is 24.1 Å². The van der Waals surface area contributed by atoms with Gasteiger partial charge >= 0.3 is 0 Å². The maximum absolute atomic E-state index is 12.5. The third-order valence-corrected chi connectivity index (χ3v) is 4.08. The maximum Gasteiger partial charge on any atom is 0.236 e. The summed E-state index contributed by atoms with van der Waals surface area (Å²) in [5.41, 5.74) is 2.69. The molecule has 0 saturated carbocycles. The van der Waals surface area contributed by atoms with Crippen molar-refractivity contribution in [1.82, 2.24) is 0 Å². The number of fused-ring (bicyclic) bond motifs is 1. The summed E-state index contributed by atoms with van der Waals surface area (Å²) in [4.78, 5) is 26.4. The van der Waals surface area contributed by atoms with Crippen LogP contribution in [0.2, 0.25) is 0 Å². The molecular weight excluding hydrogens is 304 g/mol. The van der Waals surface area contributed by atoms with Gasteiger partial charge in [-0.25, -0.2) is 0 Å². The first-order valence-corrected chi connectivity index (χ1v) is 7.99. The topological polar surface area (TPSA) is 58.6 Å². The highest BCUT2D eigenvalue weighted by atomic mass is 16.5. The van der Waals surface area contributed by atoms with Crippen molar-refractivity contribution in [2.24, 2.45) is 0 Å². The van der Waals surface area contributed by atoms with Gasteiger partial charge in [-0.3, -0.25) is 9.59 Å². The molecule has 2 aromatic rings. The summed E-state index contributed by atoms with van der Waals surface area (Å²) in [6.07, 6.45) is 1.71. The minimum absolute atomic E-state index is 0.175. The number of carbonyl (C=O) groups is 2. The molecule has 0 atom stereocenters. The van der Waals surface area contributed by atoms with Gasteiger partial charge in [0.05, 0.1) is 7.11 Å². The molecule has 0 spiro atoms. The van der Waals surface area contributed by atoms with E-state index in [1.165, 1.54) is 0 Å². The summed E-state index contributed by atoms with van der Waals surface area (Å²) in [5, 5.41) is 2.74. The third kappa shape index (κ3) is 3.56. The van der Waals surface area contributed by atoms with Crippen LogP contribution < -0.4 is 15.0 Å². The average Bonchev–Trinajstić information content (AvgIpc) is 2.61. The number of methoxy groups -OCH3 is 1. The van der Waals surface area contributed by atoms with Crippen molar-refractivity contribution in [3.63, 3.8) is 0 Å². The molecule has 1 N–H and O–H groups in total. The van der Waals surface area contributed by atoms with Gasteiger partial charge in [-0.2, -0.15) is 0 Å². The summed E-state index contributed by atoms with van der Waals surface area (Å²) in [7, 11) is 1.57. The average molecular weight is 324 g/mol. The largest absolute Gasteiger partial charge is 0.497 e. The van der Waals surface area contributed by atoms with Gasteiger partial charge in [0.2, 0.25) is 11.8 Å². The van der Waals surface area contributed by atoms with Crippen LogP contribution in [0.3, 0.4) is 0 Å².